The molecule has 2 rings (SSSR count). The summed E-state index contributed by atoms with van der Waals surface area (Å²) in [5.74, 6) is 0.458. The Bertz CT molecular complexity index is 702. The van der Waals surface area contributed by atoms with E-state index >= 15 is 0 Å². The molecule has 2 N–H and O–H groups in total. The third-order valence-corrected chi connectivity index (χ3v) is 6.70. The molecule has 0 spiro atoms. The van der Waals surface area contributed by atoms with Crippen LogP contribution in [0, 0.1) is 13.8 Å². The second-order valence-corrected chi connectivity index (χ2v) is 9.50. The van der Waals surface area contributed by atoms with Crippen LogP contribution in [0.3, 0.4) is 0 Å². The number of aryl methyl sites for hydroxylation is 1. The summed E-state index contributed by atoms with van der Waals surface area (Å²) in [6.07, 6.45) is 0.652. The Hall–Kier alpha value is -1.18. The quantitative estimate of drug-likeness (QED) is 0.745. The first-order valence-electron chi connectivity index (χ1n) is 8.33. The summed E-state index contributed by atoms with van der Waals surface area (Å²) < 4.78 is 23.7. The van der Waals surface area contributed by atoms with Crippen molar-refractivity contribution in [3.8, 4) is 0 Å². The molecule has 0 aromatic heterocycles. The maximum Gasteiger partial charge on any atom is 0.173 e. The lowest BCUT2D eigenvalue weighted by Gasteiger charge is -2.31. The standard InChI is InChI=1S/C17H27N3O2S2/c1-13-6-5-7-16(14(13)2)18-17(23)20(10-9-19(3)4)15-8-11-24(21,22)12-15/h5-7,15H,8-12H2,1-4H3,(H,18,23)/p+1/t15-/m0/s1. The molecule has 0 radical (unpaired) electrons. The second-order valence-electron chi connectivity index (χ2n) is 6.88. The number of nitrogens with one attached hydrogen (secondary N) is 2. The maximum absolute atomic E-state index is 11.9. The first-order chi connectivity index (χ1) is 11.2. The van der Waals surface area contributed by atoms with Gasteiger partial charge in [-0.25, -0.2) is 8.42 Å². The number of nitrogens with zero attached hydrogens (tertiary/aromatic N) is 1. The van der Waals surface area contributed by atoms with Crippen molar-refractivity contribution in [2.45, 2.75) is 26.3 Å². The van der Waals surface area contributed by atoms with Crippen LogP contribution in [0.1, 0.15) is 17.5 Å². The van der Waals surface area contributed by atoms with Gasteiger partial charge < -0.3 is 15.1 Å². The molecule has 0 unspecified atom stereocenters. The van der Waals surface area contributed by atoms with Crippen molar-refractivity contribution < 1.29 is 13.3 Å². The van der Waals surface area contributed by atoms with Crippen LogP contribution in [0.4, 0.5) is 5.69 Å². The smallest absolute Gasteiger partial charge is 0.173 e. The maximum atomic E-state index is 11.9. The molecule has 7 heteroatoms. The molecule has 5 nitrogen and oxygen atoms in total. The van der Waals surface area contributed by atoms with Gasteiger partial charge in [0.2, 0.25) is 0 Å². The molecule has 1 heterocycles. The van der Waals surface area contributed by atoms with E-state index in [9.17, 15) is 8.42 Å². The van der Waals surface area contributed by atoms with Gasteiger partial charge in [0.15, 0.2) is 14.9 Å². The van der Waals surface area contributed by atoms with E-state index in [0.717, 1.165) is 24.3 Å². The number of rotatable bonds is 5. The fraction of sp³-hybridized carbons (Fsp3) is 0.588. The van der Waals surface area contributed by atoms with E-state index in [1.165, 1.54) is 10.5 Å². The number of anilines is 1. The Morgan fingerprint density at radius 3 is 2.67 bits per heavy atom. The van der Waals surface area contributed by atoms with Gasteiger partial charge in [0.1, 0.15) is 0 Å². The fourth-order valence-corrected chi connectivity index (χ4v) is 4.97. The highest BCUT2D eigenvalue weighted by molar-refractivity contribution is 7.91. The zero-order valence-electron chi connectivity index (χ0n) is 14.9. The Labute approximate surface area is 150 Å². The van der Waals surface area contributed by atoms with Crippen molar-refractivity contribution in [3.63, 3.8) is 0 Å². The molecule has 1 atom stereocenters. The van der Waals surface area contributed by atoms with Gasteiger partial charge in [-0.15, -0.1) is 0 Å². The van der Waals surface area contributed by atoms with Gasteiger partial charge >= 0.3 is 0 Å². The highest BCUT2D eigenvalue weighted by atomic mass is 32.2. The Balaban J connectivity index is 2.16. The van der Waals surface area contributed by atoms with E-state index in [1.807, 2.05) is 12.1 Å². The van der Waals surface area contributed by atoms with Gasteiger partial charge in [-0.05, 0) is 49.7 Å². The van der Waals surface area contributed by atoms with E-state index in [4.69, 9.17) is 12.2 Å². The van der Waals surface area contributed by atoms with Crippen molar-refractivity contribution in [1.82, 2.24) is 4.90 Å². The number of hydrogen-bond acceptors (Lipinski definition) is 3. The predicted molar refractivity (Wildman–Crippen MR) is 104 cm³/mol. The molecule has 1 aliphatic rings. The highest BCUT2D eigenvalue weighted by Crippen LogP contribution is 2.21. The lowest BCUT2D eigenvalue weighted by atomic mass is 10.1. The normalized spacial score (nSPS) is 19.5. The number of likely N-dealkylation sites (N-methyl/N-ethyl adjacent to an activating group) is 1. The molecule has 1 aromatic carbocycles. The molecule has 0 aliphatic carbocycles. The summed E-state index contributed by atoms with van der Waals surface area (Å²) in [6.45, 7) is 5.79. The van der Waals surface area contributed by atoms with Gasteiger partial charge in [0, 0.05) is 11.7 Å². The predicted octanol–water partition coefficient (Wildman–Crippen LogP) is 0.634. The van der Waals surface area contributed by atoms with Crippen molar-refractivity contribution in [1.29, 1.82) is 0 Å². The summed E-state index contributed by atoms with van der Waals surface area (Å²) >= 11 is 5.63. The largest absolute Gasteiger partial charge is 0.339 e. The summed E-state index contributed by atoms with van der Waals surface area (Å²) in [7, 11) is 1.24. The van der Waals surface area contributed by atoms with Crippen molar-refractivity contribution in [3.05, 3.63) is 29.3 Å². The first kappa shape index (κ1) is 19.1. The molecule has 1 fully saturated rings. The second kappa shape index (κ2) is 7.80. The zero-order chi connectivity index (χ0) is 17.9. The lowest BCUT2D eigenvalue weighted by molar-refractivity contribution is -0.857. The van der Waals surface area contributed by atoms with Crippen LogP contribution in [-0.2, 0) is 9.84 Å². The molecule has 1 aliphatic heterocycles. The van der Waals surface area contributed by atoms with Crippen LogP contribution in [0.2, 0.25) is 0 Å². The molecular formula is C17H28N3O2S2+. The minimum absolute atomic E-state index is 0.0283. The SMILES string of the molecule is Cc1cccc(NC(=S)N(CC[NH+](C)C)[C@H]2CCS(=O)(=O)C2)c1C. The number of sulfone groups is 1. The third kappa shape index (κ3) is 4.91. The number of quaternary nitrogens is 1. The monoisotopic (exact) mass is 370 g/mol. The summed E-state index contributed by atoms with van der Waals surface area (Å²) in [5.41, 5.74) is 3.36. The molecule has 1 aromatic rings. The average Bonchev–Trinajstić information content (AvgIpc) is 2.84. The Morgan fingerprint density at radius 1 is 1.38 bits per heavy atom. The van der Waals surface area contributed by atoms with Crippen LogP contribution in [0.25, 0.3) is 0 Å². The number of hydrogen-bond donors (Lipinski definition) is 2. The number of thiocarbonyl (C=S) groups is 1. The van der Waals surface area contributed by atoms with E-state index in [-0.39, 0.29) is 17.5 Å². The Morgan fingerprint density at radius 2 is 2.08 bits per heavy atom. The molecule has 0 amide bonds. The molecule has 0 saturated carbocycles. The van der Waals surface area contributed by atoms with E-state index in [2.05, 4.69) is 44.2 Å². The van der Waals surface area contributed by atoms with E-state index in [1.54, 1.807) is 0 Å². The zero-order valence-corrected chi connectivity index (χ0v) is 16.6. The summed E-state index contributed by atoms with van der Waals surface area (Å²) in [4.78, 5) is 3.38. The molecule has 134 valence electrons. The minimum Gasteiger partial charge on any atom is -0.339 e. The summed E-state index contributed by atoms with van der Waals surface area (Å²) in [6, 6.07) is 6.05. The van der Waals surface area contributed by atoms with Crippen LogP contribution in [0.15, 0.2) is 18.2 Å². The van der Waals surface area contributed by atoms with Gasteiger partial charge in [-0.1, -0.05) is 12.1 Å². The van der Waals surface area contributed by atoms with Crippen molar-refractivity contribution in [2.75, 3.05) is 44.0 Å². The summed E-state index contributed by atoms with van der Waals surface area (Å²) in [5, 5.41) is 3.95. The van der Waals surface area contributed by atoms with Gasteiger partial charge in [-0.2, -0.15) is 0 Å². The van der Waals surface area contributed by atoms with Gasteiger partial charge in [0.05, 0.1) is 38.7 Å². The fourth-order valence-electron chi connectivity index (χ4n) is 2.89. The lowest BCUT2D eigenvalue weighted by Crippen LogP contribution is -3.06. The molecule has 0 bridgehead atoms. The van der Waals surface area contributed by atoms with Crippen molar-refractivity contribution in [2.24, 2.45) is 0 Å². The van der Waals surface area contributed by atoms with E-state index in [0.29, 0.717) is 11.5 Å². The minimum atomic E-state index is -2.94. The average molecular weight is 371 g/mol. The molecule has 24 heavy (non-hydrogen) atoms. The molecular weight excluding hydrogens is 342 g/mol. The van der Waals surface area contributed by atoms with Crippen molar-refractivity contribution >= 4 is 32.9 Å². The first-order valence-corrected chi connectivity index (χ1v) is 10.6. The van der Waals surface area contributed by atoms with Gasteiger partial charge in [0.25, 0.3) is 0 Å². The van der Waals surface area contributed by atoms with Crippen LogP contribution in [-0.4, -0.2) is 63.2 Å². The van der Waals surface area contributed by atoms with Crippen LogP contribution in [0.5, 0.6) is 0 Å². The highest BCUT2D eigenvalue weighted by Gasteiger charge is 2.33. The number of benzene rings is 1. The van der Waals surface area contributed by atoms with E-state index < -0.39 is 9.84 Å². The molecule has 1 saturated heterocycles. The van der Waals surface area contributed by atoms with Crippen LogP contribution < -0.4 is 10.2 Å². The van der Waals surface area contributed by atoms with Gasteiger partial charge in [-0.3, -0.25) is 0 Å². The third-order valence-electron chi connectivity index (χ3n) is 4.61. The topological polar surface area (TPSA) is 53.9 Å². The van der Waals surface area contributed by atoms with Crippen LogP contribution >= 0.6 is 12.2 Å². The Kier molecular flexibility index (Phi) is 6.22.